The molecule has 1 unspecified atom stereocenters. The molecule has 0 fully saturated rings. The van der Waals surface area contributed by atoms with Crippen LogP contribution in [0.5, 0.6) is 0 Å². The van der Waals surface area contributed by atoms with Crippen LogP contribution in [0.25, 0.3) is 11.2 Å². The predicted octanol–water partition coefficient (Wildman–Crippen LogP) is -0.00130. The van der Waals surface area contributed by atoms with Gasteiger partial charge in [-0.3, -0.25) is 13.9 Å². The Morgan fingerprint density at radius 1 is 1.30 bits per heavy atom. The van der Waals surface area contributed by atoms with Gasteiger partial charge in [-0.15, -0.1) is 0 Å². The van der Waals surface area contributed by atoms with Gasteiger partial charge in [-0.2, -0.15) is 0 Å². The Morgan fingerprint density at radius 2 is 1.95 bits per heavy atom. The first-order valence-corrected chi connectivity index (χ1v) is 6.88. The van der Waals surface area contributed by atoms with E-state index in [0.29, 0.717) is 30.7 Å². The quantitative estimate of drug-likeness (QED) is 0.853. The highest BCUT2D eigenvalue weighted by Gasteiger charge is 2.21. The third kappa shape index (κ3) is 1.89. The average Bonchev–Trinajstić information content (AvgIpc) is 2.84. The summed E-state index contributed by atoms with van der Waals surface area (Å²) in [6, 6.07) is -0.0366. The number of aromatic nitrogens is 4. The van der Waals surface area contributed by atoms with Crippen molar-refractivity contribution in [2.24, 2.45) is 12.8 Å². The molecule has 0 saturated carbocycles. The lowest BCUT2D eigenvalue weighted by atomic mass is 10.3. The molecule has 7 nitrogen and oxygen atoms in total. The summed E-state index contributed by atoms with van der Waals surface area (Å²) in [7, 11) is 1.49. The third-order valence-electron chi connectivity index (χ3n) is 3.66. The summed E-state index contributed by atoms with van der Waals surface area (Å²) >= 11 is 0. The Bertz CT molecular complexity index is 753. The highest BCUT2D eigenvalue weighted by Crippen LogP contribution is 2.17. The van der Waals surface area contributed by atoms with Crippen molar-refractivity contribution in [2.45, 2.75) is 39.8 Å². The van der Waals surface area contributed by atoms with E-state index in [0.717, 1.165) is 10.4 Å². The smallest absolute Gasteiger partial charge is 0.328 e. The summed E-state index contributed by atoms with van der Waals surface area (Å²) in [4.78, 5) is 29.1. The van der Waals surface area contributed by atoms with E-state index >= 15 is 0 Å². The van der Waals surface area contributed by atoms with Crippen molar-refractivity contribution >= 4 is 11.2 Å². The van der Waals surface area contributed by atoms with Crippen LogP contribution in [0.4, 0.5) is 0 Å². The van der Waals surface area contributed by atoms with Crippen LogP contribution >= 0.6 is 0 Å². The van der Waals surface area contributed by atoms with Crippen LogP contribution in [0.2, 0.25) is 0 Å². The molecule has 0 spiro atoms. The second-order valence-corrected chi connectivity index (χ2v) is 4.90. The molecule has 0 aliphatic rings. The maximum atomic E-state index is 12.4. The topological polar surface area (TPSA) is 87.8 Å². The highest BCUT2D eigenvalue weighted by atomic mass is 16.2. The number of nitrogens with zero attached hydrogens (tertiary/aromatic N) is 4. The molecule has 0 amide bonds. The van der Waals surface area contributed by atoms with Gasteiger partial charge in [0.05, 0.1) is 0 Å². The molecule has 2 aromatic heterocycles. The Labute approximate surface area is 116 Å². The first-order chi connectivity index (χ1) is 9.47. The van der Waals surface area contributed by atoms with Crippen LogP contribution in [0.1, 0.15) is 32.6 Å². The van der Waals surface area contributed by atoms with Crippen molar-refractivity contribution in [1.82, 2.24) is 18.7 Å². The summed E-state index contributed by atoms with van der Waals surface area (Å²) in [6.45, 7) is 6.66. The zero-order chi connectivity index (χ0) is 15.0. The number of aryl methyl sites for hydroxylation is 2. The van der Waals surface area contributed by atoms with Crippen LogP contribution in [-0.2, 0) is 20.0 Å². The highest BCUT2D eigenvalue weighted by molar-refractivity contribution is 5.71. The Morgan fingerprint density at radius 3 is 2.45 bits per heavy atom. The molecule has 1 atom stereocenters. The van der Waals surface area contributed by atoms with E-state index in [4.69, 9.17) is 5.73 Å². The van der Waals surface area contributed by atoms with Crippen molar-refractivity contribution in [3.8, 4) is 0 Å². The fourth-order valence-electron chi connectivity index (χ4n) is 2.48. The minimum absolute atomic E-state index is 0.0366. The van der Waals surface area contributed by atoms with Gasteiger partial charge in [0, 0.05) is 32.6 Å². The third-order valence-corrected chi connectivity index (χ3v) is 3.66. The fraction of sp³-hybridized carbons (Fsp3) is 0.615. The zero-order valence-electron chi connectivity index (χ0n) is 12.4. The lowest BCUT2D eigenvalue weighted by molar-refractivity contribution is 0.546. The number of rotatable bonds is 4. The lowest BCUT2D eigenvalue weighted by Gasteiger charge is -2.15. The summed E-state index contributed by atoms with van der Waals surface area (Å²) in [5.41, 5.74) is 6.01. The van der Waals surface area contributed by atoms with Crippen LogP contribution in [0.15, 0.2) is 9.59 Å². The molecule has 2 rings (SSSR count). The van der Waals surface area contributed by atoms with Gasteiger partial charge in [-0.25, -0.2) is 9.78 Å². The number of nitrogens with two attached hydrogens (primary N) is 1. The molecule has 0 saturated heterocycles. The Hall–Kier alpha value is -1.89. The minimum atomic E-state index is -0.335. The molecule has 110 valence electrons. The lowest BCUT2D eigenvalue weighted by Crippen LogP contribution is -2.38. The van der Waals surface area contributed by atoms with E-state index < -0.39 is 0 Å². The largest absolute Gasteiger partial charge is 0.332 e. The van der Waals surface area contributed by atoms with Gasteiger partial charge < -0.3 is 10.3 Å². The van der Waals surface area contributed by atoms with Gasteiger partial charge in [0.25, 0.3) is 5.56 Å². The first kappa shape index (κ1) is 14.5. The summed E-state index contributed by atoms with van der Waals surface area (Å²) < 4.78 is 4.52. The number of fused-ring (bicyclic) bond motifs is 1. The number of hydrogen-bond donors (Lipinski definition) is 1. The number of hydrogen-bond acceptors (Lipinski definition) is 4. The van der Waals surface area contributed by atoms with Crippen molar-refractivity contribution < 1.29 is 0 Å². The summed E-state index contributed by atoms with van der Waals surface area (Å²) in [5.74, 6) is 0.780. The second kappa shape index (κ2) is 5.24. The van der Waals surface area contributed by atoms with Crippen LogP contribution in [-0.4, -0.2) is 25.2 Å². The van der Waals surface area contributed by atoms with Crippen molar-refractivity contribution in [3.05, 3.63) is 26.7 Å². The molecule has 0 aliphatic heterocycles. The molecule has 0 aliphatic carbocycles. The average molecular weight is 279 g/mol. The summed E-state index contributed by atoms with van der Waals surface area (Å²) in [5, 5.41) is 0. The van der Waals surface area contributed by atoms with Gasteiger partial charge in [0.2, 0.25) is 0 Å². The van der Waals surface area contributed by atoms with Crippen LogP contribution in [0.3, 0.4) is 0 Å². The van der Waals surface area contributed by atoms with Crippen LogP contribution in [0, 0.1) is 0 Å². The first-order valence-electron chi connectivity index (χ1n) is 6.88. The SMILES string of the molecule is CCc1nc2c(c(=O)n(C)c(=O)n2CC)n1C(C)CN. The molecule has 20 heavy (non-hydrogen) atoms. The van der Waals surface area contributed by atoms with E-state index in [1.54, 1.807) is 0 Å². The van der Waals surface area contributed by atoms with Gasteiger partial charge in [-0.1, -0.05) is 6.92 Å². The summed E-state index contributed by atoms with van der Waals surface area (Å²) in [6.07, 6.45) is 0.681. The second-order valence-electron chi connectivity index (χ2n) is 4.90. The molecule has 2 N–H and O–H groups in total. The molecular formula is C13H21N5O2. The van der Waals surface area contributed by atoms with E-state index in [2.05, 4.69) is 4.98 Å². The van der Waals surface area contributed by atoms with Crippen molar-refractivity contribution in [2.75, 3.05) is 6.54 Å². The van der Waals surface area contributed by atoms with Crippen LogP contribution < -0.4 is 17.0 Å². The monoisotopic (exact) mass is 279 g/mol. The van der Waals surface area contributed by atoms with E-state index in [9.17, 15) is 9.59 Å². The normalized spacial score (nSPS) is 13.1. The predicted molar refractivity (Wildman–Crippen MR) is 78.1 cm³/mol. The van der Waals surface area contributed by atoms with Crippen molar-refractivity contribution in [3.63, 3.8) is 0 Å². The molecule has 0 bridgehead atoms. The molecule has 2 aromatic rings. The molecule has 0 aromatic carbocycles. The maximum Gasteiger partial charge on any atom is 0.332 e. The molecule has 2 heterocycles. The fourth-order valence-corrected chi connectivity index (χ4v) is 2.48. The van der Waals surface area contributed by atoms with Gasteiger partial charge in [0.1, 0.15) is 5.82 Å². The Balaban J connectivity index is 3.04. The number of imidazole rings is 1. The molecule has 7 heteroatoms. The van der Waals surface area contributed by atoms with E-state index in [1.807, 2.05) is 25.3 Å². The zero-order valence-corrected chi connectivity index (χ0v) is 12.4. The van der Waals surface area contributed by atoms with E-state index in [-0.39, 0.29) is 17.3 Å². The van der Waals surface area contributed by atoms with Gasteiger partial charge in [0.15, 0.2) is 11.2 Å². The molecular weight excluding hydrogens is 258 g/mol. The minimum Gasteiger partial charge on any atom is -0.328 e. The van der Waals surface area contributed by atoms with E-state index in [1.165, 1.54) is 11.6 Å². The molecule has 0 radical (unpaired) electrons. The standard InChI is InChI=1S/C13H21N5O2/c1-5-9-15-11-10(18(9)8(3)7-14)12(19)16(4)13(20)17(11)6-2/h8H,5-7,14H2,1-4H3. The van der Waals surface area contributed by atoms with Crippen molar-refractivity contribution in [1.29, 1.82) is 0 Å². The Kier molecular flexibility index (Phi) is 3.80. The maximum absolute atomic E-state index is 12.4. The van der Waals surface area contributed by atoms with Gasteiger partial charge >= 0.3 is 5.69 Å². The van der Waals surface area contributed by atoms with Gasteiger partial charge in [-0.05, 0) is 13.8 Å².